The zero-order chi connectivity index (χ0) is 16.2. The van der Waals surface area contributed by atoms with Crippen molar-refractivity contribution in [2.24, 2.45) is 7.05 Å². The van der Waals surface area contributed by atoms with Crippen LogP contribution in [-0.2, 0) is 7.05 Å². The fraction of sp³-hybridized carbons (Fsp3) is 0.214. The smallest absolute Gasteiger partial charge is 0.295 e. The minimum absolute atomic E-state index is 0.0852. The first-order valence-corrected chi connectivity index (χ1v) is 6.50. The number of hydrogen-bond acceptors (Lipinski definition) is 5. The van der Waals surface area contributed by atoms with Crippen molar-refractivity contribution in [2.45, 2.75) is 13.8 Å². The number of rotatable bonds is 2. The highest BCUT2D eigenvalue weighted by Gasteiger charge is 2.20. The van der Waals surface area contributed by atoms with Crippen molar-refractivity contribution in [3.8, 4) is 0 Å². The van der Waals surface area contributed by atoms with E-state index in [1.165, 1.54) is 29.7 Å². The van der Waals surface area contributed by atoms with Gasteiger partial charge in [-0.15, -0.1) is 0 Å². The summed E-state index contributed by atoms with van der Waals surface area (Å²) in [5, 5.41) is 15.6. The molecule has 0 spiro atoms. The molecule has 0 unspecified atom stereocenters. The molecule has 0 radical (unpaired) electrons. The average Bonchev–Trinajstić information content (AvgIpc) is 2.82. The fourth-order valence-electron chi connectivity index (χ4n) is 2.65. The van der Waals surface area contributed by atoms with Gasteiger partial charge in [-0.05, 0) is 13.0 Å². The summed E-state index contributed by atoms with van der Waals surface area (Å²) in [6.45, 7) is 3.04. The van der Waals surface area contributed by atoms with E-state index in [0.717, 1.165) is 4.52 Å². The van der Waals surface area contributed by atoms with Crippen molar-refractivity contribution in [1.29, 1.82) is 0 Å². The molecule has 0 aliphatic rings. The standard InChI is InChI=1S/C14H12N4O4/c1-7-12(8(2)19)15-17-13(7)10-6-9(18(21)22)4-5-11(10)16(3)14(17)20/h4-6H,1-3H3. The molecular weight excluding hydrogens is 288 g/mol. The van der Waals surface area contributed by atoms with Crippen LogP contribution in [0.1, 0.15) is 23.0 Å². The summed E-state index contributed by atoms with van der Waals surface area (Å²) in [5.41, 5.74) is 1.20. The lowest BCUT2D eigenvalue weighted by Gasteiger charge is -2.07. The molecule has 112 valence electrons. The molecule has 1 aromatic carbocycles. The number of fused-ring (bicyclic) bond motifs is 3. The van der Waals surface area contributed by atoms with E-state index in [2.05, 4.69) is 5.10 Å². The predicted octanol–water partition coefficient (Wildman–Crippen LogP) is 1.61. The Balaban J connectivity index is 2.62. The summed E-state index contributed by atoms with van der Waals surface area (Å²) in [6, 6.07) is 4.26. The molecule has 2 heterocycles. The van der Waals surface area contributed by atoms with Crippen molar-refractivity contribution in [2.75, 3.05) is 0 Å². The third-order valence-corrected chi connectivity index (χ3v) is 3.73. The number of nitro groups is 1. The van der Waals surface area contributed by atoms with Crippen LogP contribution in [0.3, 0.4) is 0 Å². The van der Waals surface area contributed by atoms with Crippen LogP contribution in [0.15, 0.2) is 23.0 Å². The summed E-state index contributed by atoms with van der Waals surface area (Å²) >= 11 is 0. The molecule has 0 aliphatic heterocycles. The van der Waals surface area contributed by atoms with Gasteiger partial charge in [0.25, 0.3) is 5.69 Å². The fourth-order valence-corrected chi connectivity index (χ4v) is 2.65. The molecule has 0 saturated heterocycles. The van der Waals surface area contributed by atoms with Crippen molar-refractivity contribution in [3.63, 3.8) is 0 Å². The predicted molar refractivity (Wildman–Crippen MR) is 79.3 cm³/mol. The zero-order valence-electron chi connectivity index (χ0n) is 12.2. The van der Waals surface area contributed by atoms with E-state index in [1.54, 1.807) is 14.0 Å². The van der Waals surface area contributed by atoms with E-state index in [1.807, 2.05) is 0 Å². The highest BCUT2D eigenvalue weighted by atomic mass is 16.6. The van der Waals surface area contributed by atoms with Crippen molar-refractivity contribution in [3.05, 3.63) is 50.1 Å². The normalized spacial score (nSPS) is 11.2. The maximum atomic E-state index is 12.4. The lowest BCUT2D eigenvalue weighted by molar-refractivity contribution is -0.384. The monoisotopic (exact) mass is 300 g/mol. The van der Waals surface area contributed by atoms with Crippen LogP contribution >= 0.6 is 0 Å². The number of aromatic nitrogens is 3. The van der Waals surface area contributed by atoms with E-state index >= 15 is 0 Å². The summed E-state index contributed by atoms with van der Waals surface area (Å²) in [6.07, 6.45) is 0. The van der Waals surface area contributed by atoms with Crippen LogP contribution in [-0.4, -0.2) is 24.9 Å². The first-order valence-electron chi connectivity index (χ1n) is 6.50. The van der Waals surface area contributed by atoms with E-state index in [9.17, 15) is 19.7 Å². The van der Waals surface area contributed by atoms with E-state index in [4.69, 9.17) is 0 Å². The van der Waals surface area contributed by atoms with Gasteiger partial charge in [-0.3, -0.25) is 19.5 Å². The first-order chi connectivity index (χ1) is 10.3. The van der Waals surface area contributed by atoms with Gasteiger partial charge in [-0.2, -0.15) is 9.61 Å². The van der Waals surface area contributed by atoms with Gasteiger partial charge in [-0.25, -0.2) is 4.79 Å². The Morgan fingerprint density at radius 1 is 1.36 bits per heavy atom. The number of nitrogens with zero attached hydrogens (tertiary/aromatic N) is 4. The van der Waals surface area contributed by atoms with Crippen molar-refractivity contribution >= 4 is 27.9 Å². The van der Waals surface area contributed by atoms with Crippen molar-refractivity contribution in [1.82, 2.24) is 14.2 Å². The Bertz CT molecular complexity index is 1030. The molecule has 0 saturated carbocycles. The number of carbonyl (C=O) groups is 1. The van der Waals surface area contributed by atoms with E-state index in [0.29, 0.717) is 22.0 Å². The number of aryl methyl sites for hydroxylation is 2. The molecule has 0 fully saturated rings. The summed E-state index contributed by atoms with van der Waals surface area (Å²) < 4.78 is 2.47. The molecule has 0 aliphatic carbocycles. The quantitative estimate of drug-likeness (QED) is 0.406. The van der Waals surface area contributed by atoms with Crippen LogP contribution in [0.25, 0.3) is 16.4 Å². The molecule has 0 bridgehead atoms. The summed E-state index contributed by atoms with van der Waals surface area (Å²) in [5.74, 6) is -0.262. The van der Waals surface area contributed by atoms with Gasteiger partial charge in [0.2, 0.25) is 0 Å². The number of ketones is 1. The van der Waals surface area contributed by atoms with Gasteiger partial charge in [0.05, 0.1) is 16.0 Å². The lowest BCUT2D eigenvalue weighted by Crippen LogP contribution is -2.25. The Hall–Kier alpha value is -3.03. The van der Waals surface area contributed by atoms with Crippen LogP contribution in [0.5, 0.6) is 0 Å². The largest absolute Gasteiger partial charge is 0.349 e. The number of benzene rings is 1. The number of carbonyl (C=O) groups excluding carboxylic acids is 1. The molecular formula is C14H12N4O4. The average molecular weight is 300 g/mol. The van der Waals surface area contributed by atoms with Crippen LogP contribution in [0.2, 0.25) is 0 Å². The van der Waals surface area contributed by atoms with Gasteiger partial charge in [0.15, 0.2) is 5.78 Å². The minimum Gasteiger partial charge on any atom is -0.295 e. The van der Waals surface area contributed by atoms with Crippen LogP contribution < -0.4 is 5.69 Å². The molecule has 3 rings (SSSR count). The van der Waals surface area contributed by atoms with Crippen LogP contribution in [0.4, 0.5) is 5.69 Å². The van der Waals surface area contributed by atoms with E-state index in [-0.39, 0.29) is 17.2 Å². The minimum atomic E-state index is -0.501. The van der Waals surface area contributed by atoms with Gasteiger partial charge >= 0.3 is 5.69 Å². The topological polar surface area (TPSA) is 99.5 Å². The summed E-state index contributed by atoms with van der Waals surface area (Å²) in [7, 11) is 1.56. The number of hydrogen-bond donors (Lipinski definition) is 0. The Kier molecular flexibility index (Phi) is 2.84. The number of nitro benzene ring substituents is 1. The SMILES string of the molecule is CC(=O)c1nn2c(=O)n(C)c3ccc([N+](=O)[O-])cc3c2c1C. The molecule has 0 N–H and O–H groups in total. The van der Waals surface area contributed by atoms with Gasteiger partial charge in [0.1, 0.15) is 5.69 Å². The molecule has 2 aromatic heterocycles. The highest BCUT2D eigenvalue weighted by Crippen LogP contribution is 2.26. The Morgan fingerprint density at radius 3 is 2.64 bits per heavy atom. The number of non-ortho nitro benzene ring substituents is 1. The van der Waals surface area contributed by atoms with Gasteiger partial charge in [0, 0.05) is 37.1 Å². The third-order valence-electron chi connectivity index (χ3n) is 3.73. The van der Waals surface area contributed by atoms with Crippen LogP contribution in [0, 0.1) is 17.0 Å². The van der Waals surface area contributed by atoms with Gasteiger partial charge in [-0.1, -0.05) is 0 Å². The second kappa shape index (κ2) is 4.48. The van der Waals surface area contributed by atoms with Crippen molar-refractivity contribution < 1.29 is 9.72 Å². The maximum absolute atomic E-state index is 12.4. The molecule has 0 atom stereocenters. The Labute approximate surface area is 123 Å². The highest BCUT2D eigenvalue weighted by molar-refractivity contribution is 6.02. The lowest BCUT2D eigenvalue weighted by atomic mass is 10.1. The molecule has 22 heavy (non-hydrogen) atoms. The van der Waals surface area contributed by atoms with E-state index < -0.39 is 10.6 Å². The zero-order valence-corrected chi connectivity index (χ0v) is 12.2. The molecule has 0 amide bonds. The molecule has 3 aromatic rings. The Morgan fingerprint density at radius 2 is 2.05 bits per heavy atom. The maximum Gasteiger partial charge on any atom is 0.349 e. The summed E-state index contributed by atoms with van der Waals surface area (Å²) in [4.78, 5) is 34.5. The molecule has 8 heteroatoms. The number of Topliss-reactive ketones (excluding diaryl/α,β-unsaturated/α-hetero) is 1. The first kappa shape index (κ1) is 13.9. The second-order valence-corrected chi connectivity index (χ2v) is 5.09. The second-order valence-electron chi connectivity index (χ2n) is 5.09. The third kappa shape index (κ3) is 1.73. The van der Waals surface area contributed by atoms with Gasteiger partial charge < -0.3 is 0 Å². The molecule has 8 nitrogen and oxygen atoms in total.